The van der Waals surface area contributed by atoms with Crippen LogP contribution in [0.5, 0.6) is 5.75 Å². The van der Waals surface area contributed by atoms with Crippen LogP contribution in [0.25, 0.3) is 10.8 Å². The molecular formula is C14H14O3. The van der Waals surface area contributed by atoms with E-state index in [2.05, 4.69) is 4.74 Å². The Kier molecular flexibility index (Phi) is 1.13. The number of aliphatic carboxylic acids is 1. The molecule has 1 N–H and O–H groups in total. The lowest BCUT2D eigenvalue weighted by Gasteiger charge is -2.08. The van der Waals surface area contributed by atoms with E-state index in [0.717, 1.165) is 18.2 Å². The van der Waals surface area contributed by atoms with Crippen molar-refractivity contribution < 1.29 is 28.3 Å². The molecule has 0 saturated carbocycles. The van der Waals surface area contributed by atoms with E-state index in [1.165, 1.54) is 0 Å². The summed E-state index contributed by atoms with van der Waals surface area (Å²) < 4.78 is 80.0. The first kappa shape index (κ1) is 4.33. The van der Waals surface area contributed by atoms with E-state index >= 15 is 0 Å². The van der Waals surface area contributed by atoms with E-state index in [1.54, 1.807) is 0 Å². The van der Waals surface area contributed by atoms with Gasteiger partial charge in [-0.2, -0.15) is 0 Å². The Morgan fingerprint density at radius 3 is 3.12 bits per heavy atom. The molecule has 0 spiro atoms. The van der Waals surface area contributed by atoms with Gasteiger partial charge in [-0.3, -0.25) is 4.79 Å². The Balaban J connectivity index is 2.81. The Hall–Kier alpha value is -2.03. The molecule has 1 atom stereocenters. The van der Waals surface area contributed by atoms with Gasteiger partial charge < -0.3 is 9.84 Å². The molecule has 0 saturated heterocycles. The smallest absolute Gasteiger partial charge is 0.310 e. The highest BCUT2D eigenvalue weighted by Gasteiger charge is 2.13. The zero-order valence-electron chi connectivity index (χ0n) is 18.5. The fraction of sp³-hybridized carbons (Fsp3) is 0.214. The van der Waals surface area contributed by atoms with Crippen LogP contribution in [0, 0.1) is 0 Å². The highest BCUT2D eigenvalue weighted by atomic mass is 16.5. The molecule has 0 heterocycles. The number of rotatable bonds is 3. The molecule has 0 amide bonds. The predicted octanol–water partition coefficient (Wildman–Crippen LogP) is 3.04. The monoisotopic (exact) mass is 240 g/mol. The van der Waals surface area contributed by atoms with Crippen LogP contribution in [0.3, 0.4) is 0 Å². The number of methoxy groups -OCH3 is 1. The van der Waals surface area contributed by atoms with Gasteiger partial charge in [0.25, 0.3) is 0 Å². The number of hydrogen-bond acceptors (Lipinski definition) is 2. The molecule has 0 aliphatic rings. The van der Waals surface area contributed by atoms with Crippen LogP contribution in [0.2, 0.25) is 0 Å². The third-order valence-electron chi connectivity index (χ3n) is 2.18. The van der Waals surface area contributed by atoms with E-state index in [1.807, 2.05) is 0 Å². The highest BCUT2D eigenvalue weighted by Crippen LogP contribution is 2.25. The quantitative estimate of drug-likeness (QED) is 0.897. The summed E-state index contributed by atoms with van der Waals surface area (Å²) in [7, 11) is -2.95. The van der Waals surface area contributed by atoms with Crippen LogP contribution in [-0.2, 0) is 4.79 Å². The number of carbonyl (C=O) groups is 1. The second-order valence-electron chi connectivity index (χ2n) is 3.25. The summed E-state index contributed by atoms with van der Waals surface area (Å²) in [5.41, 5.74) is -0.459. The average molecular weight is 240 g/mol. The van der Waals surface area contributed by atoms with Crippen molar-refractivity contribution in [1.29, 1.82) is 0 Å². The molecule has 0 aliphatic carbocycles. The first-order valence-electron chi connectivity index (χ1n) is 9.57. The van der Waals surface area contributed by atoms with Crippen LogP contribution >= 0.6 is 0 Å². The molecule has 0 bridgehead atoms. The maximum Gasteiger partial charge on any atom is 0.310 e. The van der Waals surface area contributed by atoms with Crippen molar-refractivity contribution in [3.8, 4) is 5.75 Å². The second kappa shape index (κ2) is 4.45. The molecule has 0 fully saturated rings. The van der Waals surface area contributed by atoms with Crippen LogP contribution in [-0.4, -0.2) is 18.1 Å². The van der Waals surface area contributed by atoms with E-state index in [9.17, 15) is 9.90 Å². The van der Waals surface area contributed by atoms with Crippen molar-refractivity contribution in [2.24, 2.45) is 0 Å². The van der Waals surface area contributed by atoms with Crippen molar-refractivity contribution >= 4 is 16.7 Å². The molecule has 2 aromatic rings. The van der Waals surface area contributed by atoms with E-state index in [4.69, 9.17) is 13.7 Å². The SMILES string of the molecule is [2H]c1c(OC([2H])([2H])[2H])c([2H])c2ccc(C([2H])(C(=O)O)C([2H])([2H])[2H])cc2c1[2H]. The molecule has 88 valence electrons. The van der Waals surface area contributed by atoms with E-state index in [-0.39, 0.29) is 10.8 Å². The standard InChI is InChI=1S/C14H14O3/c1-9(14(15)16)10-3-4-12-8-13(17-2)6-5-11(12)7-10/h3-9H,1-2H3,(H,15,16)/i1D3,2D3,5D,6D,8D,9D. The lowest BCUT2D eigenvalue weighted by atomic mass is 9.98. The van der Waals surface area contributed by atoms with Crippen LogP contribution in [0.4, 0.5) is 0 Å². The number of benzene rings is 2. The van der Waals surface area contributed by atoms with Gasteiger partial charge in [-0.25, -0.2) is 0 Å². The summed E-state index contributed by atoms with van der Waals surface area (Å²) in [5, 5.41) is 9.08. The fourth-order valence-electron chi connectivity index (χ4n) is 1.36. The van der Waals surface area contributed by atoms with Gasteiger partial charge in [-0.05, 0) is 35.3 Å². The largest absolute Gasteiger partial charge is 0.497 e. The first-order chi connectivity index (χ1) is 12.1. The number of carboxylic acid groups (broad SMARTS) is 1. The van der Waals surface area contributed by atoms with Crippen molar-refractivity contribution in [1.82, 2.24) is 0 Å². The average Bonchev–Trinajstić information content (AvgIpc) is 2.53. The predicted molar refractivity (Wildman–Crippen MR) is 66.6 cm³/mol. The van der Waals surface area contributed by atoms with Crippen molar-refractivity contribution in [2.75, 3.05) is 7.04 Å². The zero-order valence-corrected chi connectivity index (χ0v) is 8.50. The fourth-order valence-corrected chi connectivity index (χ4v) is 1.36. The summed E-state index contributed by atoms with van der Waals surface area (Å²) in [6.45, 7) is -3.23. The van der Waals surface area contributed by atoms with Crippen LogP contribution in [0.15, 0.2) is 36.3 Å². The van der Waals surface area contributed by atoms with Gasteiger partial charge in [-0.15, -0.1) is 0 Å². The molecule has 0 aliphatic heterocycles. The zero-order chi connectivity index (χ0) is 20.9. The molecular weight excluding hydrogens is 216 g/mol. The Morgan fingerprint density at radius 2 is 2.41 bits per heavy atom. The topological polar surface area (TPSA) is 46.5 Å². The first-order valence-corrected chi connectivity index (χ1v) is 4.57. The van der Waals surface area contributed by atoms with Gasteiger partial charge in [0.2, 0.25) is 0 Å². The molecule has 3 nitrogen and oxygen atoms in total. The Bertz CT molecular complexity index is 918. The summed E-state index contributed by atoms with van der Waals surface area (Å²) in [6.07, 6.45) is 0. The summed E-state index contributed by atoms with van der Waals surface area (Å²) >= 11 is 0. The summed E-state index contributed by atoms with van der Waals surface area (Å²) in [4.78, 5) is 11.5. The lowest BCUT2D eigenvalue weighted by molar-refractivity contribution is -0.138. The summed E-state index contributed by atoms with van der Waals surface area (Å²) in [5.74, 6) is -5.59. The molecule has 1 unspecified atom stereocenters. The van der Waals surface area contributed by atoms with Gasteiger partial charge in [0.1, 0.15) is 5.75 Å². The third kappa shape index (κ3) is 2.23. The van der Waals surface area contributed by atoms with Crippen molar-refractivity contribution in [2.45, 2.75) is 12.7 Å². The minimum Gasteiger partial charge on any atom is -0.497 e. The van der Waals surface area contributed by atoms with Crippen LogP contribution in [0.1, 0.15) is 32.0 Å². The molecule has 2 rings (SSSR count). The van der Waals surface area contributed by atoms with Crippen molar-refractivity contribution in [3.63, 3.8) is 0 Å². The van der Waals surface area contributed by atoms with Gasteiger partial charge >= 0.3 is 5.97 Å². The van der Waals surface area contributed by atoms with E-state index in [0.29, 0.717) is 0 Å². The molecule has 3 heteroatoms. The minimum absolute atomic E-state index is 0.0442. The van der Waals surface area contributed by atoms with Gasteiger partial charge in [0.15, 0.2) is 0 Å². The molecule has 2 aromatic carbocycles. The second-order valence-corrected chi connectivity index (χ2v) is 3.25. The number of carboxylic acids is 1. The molecule has 0 aromatic heterocycles. The molecule has 17 heavy (non-hydrogen) atoms. The Labute approximate surface area is 114 Å². The third-order valence-corrected chi connectivity index (χ3v) is 2.18. The van der Waals surface area contributed by atoms with Gasteiger partial charge in [0, 0.05) is 5.48 Å². The van der Waals surface area contributed by atoms with Crippen LogP contribution < -0.4 is 4.74 Å². The van der Waals surface area contributed by atoms with E-state index < -0.39 is 55.2 Å². The van der Waals surface area contributed by atoms with Crippen molar-refractivity contribution in [3.05, 3.63) is 41.9 Å². The number of ether oxygens (including phenoxy) is 1. The van der Waals surface area contributed by atoms with Gasteiger partial charge in [-0.1, -0.05) is 24.2 Å². The molecule has 0 radical (unpaired) electrons. The minimum atomic E-state index is -3.23. The maximum atomic E-state index is 11.5. The number of hydrogen-bond donors (Lipinski definition) is 1. The highest BCUT2D eigenvalue weighted by molar-refractivity contribution is 5.86. The lowest BCUT2D eigenvalue weighted by Crippen LogP contribution is -2.06. The Morgan fingerprint density at radius 1 is 1.53 bits per heavy atom. The number of fused-ring (bicyclic) bond motifs is 1. The maximum absolute atomic E-state index is 11.5. The summed E-state index contributed by atoms with van der Waals surface area (Å²) in [6, 6.07) is 1.24. The van der Waals surface area contributed by atoms with Gasteiger partial charge in [0.05, 0.1) is 21.2 Å². The normalized spacial score (nSPS) is 24.2.